The van der Waals surface area contributed by atoms with Gasteiger partial charge in [-0.3, -0.25) is 9.59 Å². The molecule has 0 aromatic carbocycles. The molecule has 0 fully saturated rings. The predicted molar refractivity (Wildman–Crippen MR) is 291 cm³/mol. The Labute approximate surface area is 414 Å². The lowest BCUT2D eigenvalue weighted by Crippen LogP contribution is -2.30. The van der Waals surface area contributed by atoms with Gasteiger partial charge >= 0.3 is 0 Å². The van der Waals surface area contributed by atoms with Crippen molar-refractivity contribution in [1.29, 1.82) is 0 Å². The molecule has 0 heterocycles. The molecule has 0 aliphatic heterocycles. The van der Waals surface area contributed by atoms with Gasteiger partial charge in [0.1, 0.15) is 0 Å². The summed E-state index contributed by atoms with van der Waals surface area (Å²) in [4.78, 5) is 37.4. The molecular weight excluding hydrogens is 835 g/mol. The maximum atomic E-state index is 12.2. The number of rotatable bonds is 51. The van der Waals surface area contributed by atoms with E-state index in [1.165, 1.54) is 128 Å². The normalized spacial score (nSPS) is 10.4. The van der Waals surface area contributed by atoms with E-state index in [0.717, 1.165) is 96.1 Å². The van der Waals surface area contributed by atoms with Crippen LogP contribution in [0.4, 0.5) is 0 Å². The van der Waals surface area contributed by atoms with Crippen LogP contribution in [-0.4, -0.2) is 95.8 Å². The maximum Gasteiger partial charge on any atom is 0.223 e. The van der Waals surface area contributed by atoms with Crippen LogP contribution in [0, 0.1) is 0 Å². The van der Waals surface area contributed by atoms with Crippen molar-refractivity contribution in [3.05, 3.63) is 88.3 Å². The smallest absolute Gasteiger partial charge is 0.223 e. The molecule has 67 heavy (non-hydrogen) atoms. The summed E-state index contributed by atoms with van der Waals surface area (Å²) in [6.45, 7) is 31.5. The molecule has 0 spiro atoms. The van der Waals surface area contributed by atoms with Crippen LogP contribution in [0.3, 0.4) is 0 Å². The van der Waals surface area contributed by atoms with Gasteiger partial charge in [-0.2, -0.15) is 0 Å². The topological polar surface area (TPSA) is 115 Å². The first kappa shape index (κ1) is 68.0. The predicted octanol–water partition coefficient (Wildman–Crippen LogP) is 14.2. The minimum absolute atomic E-state index is 0.220. The summed E-state index contributed by atoms with van der Waals surface area (Å²) in [6.07, 6.45) is 49.4. The van der Waals surface area contributed by atoms with Gasteiger partial charge in [-0.05, 0) is 38.5 Å². The number of carbonyl (C=O) groups excluding carboxylic acids is 2. The van der Waals surface area contributed by atoms with Crippen LogP contribution in [-0.2, 0) is 14.5 Å². The fourth-order valence-corrected chi connectivity index (χ4v) is 7.48. The van der Waals surface area contributed by atoms with Gasteiger partial charge in [0.2, 0.25) is 11.8 Å². The molecule has 9 heteroatoms. The summed E-state index contributed by atoms with van der Waals surface area (Å²) in [7, 11) is 0. The van der Waals surface area contributed by atoms with E-state index < -0.39 is 0 Å². The number of hydrogen-bond donors (Lipinski definition) is 3. The second-order valence-electron chi connectivity index (χ2n) is 17.8. The lowest BCUT2D eigenvalue weighted by atomic mass is 10.0. The Bertz CT molecular complexity index is 1060. The maximum absolute atomic E-state index is 12.2. The van der Waals surface area contributed by atoms with Crippen molar-refractivity contribution in [2.24, 2.45) is 0 Å². The zero-order valence-electron chi connectivity index (χ0n) is 43.6. The third-order valence-corrected chi connectivity index (χ3v) is 11.4. The molecule has 2 amide bonds. The zero-order chi connectivity index (χ0) is 49.9. The van der Waals surface area contributed by atoms with Gasteiger partial charge in [-0.25, -0.2) is 9.78 Å². The van der Waals surface area contributed by atoms with Crippen LogP contribution in [0.2, 0.25) is 0 Å². The first-order chi connectivity index (χ1) is 32.8. The van der Waals surface area contributed by atoms with Crippen LogP contribution in [0.15, 0.2) is 88.3 Å². The highest BCUT2D eigenvalue weighted by Gasteiger charge is 2.11. The number of nitrogens with zero attached hydrogens (tertiary/aromatic N) is 2. The number of amides is 2. The molecule has 0 saturated carbocycles. The van der Waals surface area contributed by atoms with Gasteiger partial charge < -0.3 is 25.3 Å². The number of aliphatic hydroxyl groups excluding tert-OH is 2. The van der Waals surface area contributed by atoms with Crippen LogP contribution in [0.25, 0.3) is 0 Å². The SMILES string of the molecule is C=C(CCCCCCCCCO)O[OH+]CCCCCCCCCO.C=CCN(CC=C)C(=O)CCCCCCCCCCCCCCCCCCC(=O)N(CC=C)CC=C.C=CCNCC=C. The summed E-state index contributed by atoms with van der Waals surface area (Å²) in [6, 6.07) is 0. The van der Waals surface area contributed by atoms with Crippen molar-refractivity contribution in [1.82, 2.24) is 15.1 Å². The van der Waals surface area contributed by atoms with E-state index in [9.17, 15) is 9.59 Å². The number of aliphatic hydroxyl groups is 3. The summed E-state index contributed by atoms with van der Waals surface area (Å²) in [5.41, 5.74) is 0. The molecule has 0 atom stereocenters. The largest absolute Gasteiger partial charge is 0.396 e. The van der Waals surface area contributed by atoms with Crippen molar-refractivity contribution >= 4 is 11.8 Å². The van der Waals surface area contributed by atoms with E-state index >= 15 is 0 Å². The Kier molecular flexibility index (Phi) is 61.7. The Morgan fingerprint density at radius 1 is 0.403 bits per heavy atom. The van der Waals surface area contributed by atoms with Gasteiger partial charge in [0.15, 0.2) is 12.4 Å². The molecule has 9 nitrogen and oxygen atoms in total. The van der Waals surface area contributed by atoms with Gasteiger partial charge in [0.05, 0.1) is 0 Å². The number of hydrogen-bond acceptors (Lipinski definition) is 6. The van der Waals surface area contributed by atoms with Crippen LogP contribution in [0.5, 0.6) is 0 Å². The molecule has 0 radical (unpaired) electrons. The van der Waals surface area contributed by atoms with Crippen molar-refractivity contribution < 1.29 is 29.6 Å². The van der Waals surface area contributed by atoms with Crippen molar-refractivity contribution in [2.75, 3.05) is 59.1 Å². The number of allylic oxidation sites excluding steroid dienone is 1. The Morgan fingerprint density at radius 3 is 0.955 bits per heavy atom. The average molecular weight is 944 g/mol. The highest BCUT2D eigenvalue weighted by Crippen LogP contribution is 2.16. The molecule has 0 aromatic heterocycles. The summed E-state index contributed by atoms with van der Waals surface area (Å²) in [5.74, 6) is 1.23. The van der Waals surface area contributed by atoms with Crippen molar-refractivity contribution in [3.8, 4) is 0 Å². The van der Waals surface area contributed by atoms with Crippen LogP contribution >= 0.6 is 0 Å². The highest BCUT2D eigenvalue weighted by atomic mass is 17.2. The molecule has 0 aliphatic rings. The van der Waals surface area contributed by atoms with Gasteiger partial charge in [-0.15, -0.1) is 39.5 Å². The lowest BCUT2D eigenvalue weighted by molar-refractivity contribution is -0.389. The molecule has 4 N–H and O–H groups in total. The molecule has 0 aromatic rings. The molecule has 0 unspecified atom stereocenters. The summed E-state index contributed by atoms with van der Waals surface area (Å²) < 4.78 is 0. The highest BCUT2D eigenvalue weighted by molar-refractivity contribution is 5.76. The molecule has 390 valence electrons. The minimum Gasteiger partial charge on any atom is -0.396 e. The van der Waals surface area contributed by atoms with Gasteiger partial charge in [-0.1, -0.05) is 191 Å². The Morgan fingerprint density at radius 2 is 0.672 bits per heavy atom. The Balaban J connectivity index is -0.00000113. The van der Waals surface area contributed by atoms with E-state index in [2.05, 4.69) is 56.3 Å². The standard InChI is InChI=1S/C32H56N2O2.C20H40O4.C6H11N/c1-5-27-33(28-6-2)31(35)25-23-21-19-17-15-13-11-9-10-12-14-16-18-20-22-24-26-32(36)34(29-7-3)30-8-4;1-20(16-12-8-4-2-5-9-13-17-21)24-23-19-15-11-7-3-6-10-14-18-22;1-3-5-7-6-4-2/h5-8H,1-4,9-30H2;21-22H,1-19H2;3-4,7H,1-2,5-6H2/p+1. The second-order valence-corrected chi connectivity index (χ2v) is 17.8. The Hall–Kier alpha value is -3.24. The van der Waals surface area contributed by atoms with Crippen LogP contribution < -0.4 is 5.32 Å². The van der Waals surface area contributed by atoms with E-state index in [-0.39, 0.29) is 11.8 Å². The van der Waals surface area contributed by atoms with E-state index in [1.54, 1.807) is 24.3 Å². The summed E-state index contributed by atoms with van der Waals surface area (Å²) in [5, 5.41) is 20.4. The van der Waals surface area contributed by atoms with Gasteiger partial charge in [0, 0.05) is 78.2 Å². The van der Waals surface area contributed by atoms with Crippen LogP contribution in [0.1, 0.15) is 212 Å². The third kappa shape index (κ3) is 57.0. The minimum atomic E-state index is 0.220. The molecule has 0 aliphatic carbocycles. The monoisotopic (exact) mass is 943 g/mol. The number of carbonyl (C=O) groups is 2. The molecule has 0 rings (SSSR count). The zero-order valence-corrected chi connectivity index (χ0v) is 43.6. The second kappa shape index (κ2) is 60.8. The first-order valence-corrected chi connectivity index (χ1v) is 27.0. The third-order valence-electron chi connectivity index (χ3n) is 11.4. The number of nitrogens with one attached hydrogen (secondary N) is 1. The van der Waals surface area contributed by atoms with Crippen molar-refractivity contribution in [2.45, 2.75) is 212 Å². The van der Waals surface area contributed by atoms with E-state index in [0.29, 0.717) is 52.2 Å². The first-order valence-electron chi connectivity index (χ1n) is 27.0. The fourth-order valence-electron chi connectivity index (χ4n) is 7.48. The fraction of sp³-hybridized carbons (Fsp3) is 0.724. The quantitative estimate of drug-likeness (QED) is 0.0140. The molecule has 0 bridgehead atoms. The number of unbranched alkanes of at least 4 members (excludes halogenated alkanes) is 27. The summed E-state index contributed by atoms with van der Waals surface area (Å²) >= 11 is 0. The van der Waals surface area contributed by atoms with E-state index in [4.69, 9.17) is 15.1 Å². The van der Waals surface area contributed by atoms with E-state index in [1.807, 2.05) is 22.0 Å². The lowest BCUT2D eigenvalue weighted by Gasteiger charge is -2.19. The molecular formula is C58H108N3O6+. The van der Waals surface area contributed by atoms with Crippen molar-refractivity contribution in [3.63, 3.8) is 0 Å². The average Bonchev–Trinajstić information content (AvgIpc) is 3.32. The van der Waals surface area contributed by atoms with Gasteiger partial charge in [0.25, 0.3) is 0 Å². The molecule has 0 saturated heterocycles.